The van der Waals surface area contributed by atoms with Crippen molar-refractivity contribution in [2.75, 3.05) is 4.72 Å². The van der Waals surface area contributed by atoms with Crippen molar-refractivity contribution < 1.29 is 12.8 Å². The molecule has 0 radical (unpaired) electrons. The lowest BCUT2D eigenvalue weighted by Crippen LogP contribution is -2.11. The Balaban J connectivity index is 1.98. The van der Waals surface area contributed by atoms with Gasteiger partial charge in [-0.1, -0.05) is 0 Å². The molecule has 9 heteroatoms. The van der Waals surface area contributed by atoms with Gasteiger partial charge in [0.15, 0.2) is 5.58 Å². The smallest absolute Gasteiger partial charge is 0.408 e. The number of aromatic nitrogens is 1. The van der Waals surface area contributed by atoms with Gasteiger partial charge in [0, 0.05) is 6.07 Å². The molecule has 104 valence electrons. The number of nitrogens with one attached hydrogen (secondary N) is 2. The number of anilines is 1. The van der Waals surface area contributed by atoms with Gasteiger partial charge in [0.25, 0.3) is 10.0 Å². The molecule has 2 N–H and O–H groups in total. The van der Waals surface area contributed by atoms with Crippen LogP contribution >= 0.6 is 27.3 Å². The molecule has 1 aromatic carbocycles. The highest BCUT2D eigenvalue weighted by Gasteiger charge is 2.17. The molecule has 3 rings (SSSR count). The first-order chi connectivity index (χ1) is 9.44. The highest BCUT2D eigenvalue weighted by Crippen LogP contribution is 2.28. The van der Waals surface area contributed by atoms with E-state index in [-0.39, 0.29) is 4.21 Å². The normalized spacial score (nSPS) is 11.8. The monoisotopic (exact) mass is 374 g/mol. The Kier molecular flexibility index (Phi) is 3.19. The van der Waals surface area contributed by atoms with Gasteiger partial charge in [0.1, 0.15) is 4.21 Å². The molecule has 0 unspecified atom stereocenters. The summed E-state index contributed by atoms with van der Waals surface area (Å²) in [5.74, 6) is -0.581. The van der Waals surface area contributed by atoms with Crippen molar-refractivity contribution in [1.29, 1.82) is 0 Å². The SMILES string of the molecule is O=c1[nH]c2ccc(NS(=O)(=O)c3ccc(Br)s3)cc2o1. The Hall–Kier alpha value is -1.58. The minimum absolute atomic E-state index is 0.194. The van der Waals surface area contributed by atoms with Gasteiger partial charge < -0.3 is 4.42 Å². The van der Waals surface area contributed by atoms with Crippen molar-refractivity contribution >= 4 is 54.1 Å². The van der Waals surface area contributed by atoms with E-state index in [2.05, 4.69) is 25.6 Å². The Labute approximate surface area is 125 Å². The molecular formula is C11H7BrN2O4S2. The van der Waals surface area contributed by atoms with Crippen LogP contribution in [0.2, 0.25) is 0 Å². The lowest BCUT2D eigenvalue weighted by Gasteiger charge is -2.05. The molecule has 0 atom stereocenters. The molecule has 0 aliphatic carbocycles. The largest absolute Gasteiger partial charge is 0.417 e. The van der Waals surface area contributed by atoms with Crippen LogP contribution in [0.3, 0.4) is 0 Å². The predicted molar refractivity (Wildman–Crippen MR) is 79.7 cm³/mol. The number of benzene rings is 1. The van der Waals surface area contributed by atoms with Crippen LogP contribution in [0.25, 0.3) is 11.1 Å². The summed E-state index contributed by atoms with van der Waals surface area (Å²) in [4.78, 5) is 13.5. The predicted octanol–water partition coefficient (Wildman–Crippen LogP) is 2.75. The standard InChI is InChI=1S/C11H7BrN2O4S2/c12-9-3-4-10(19-9)20(16,17)14-6-1-2-7-8(5-6)18-11(15)13-7/h1-5,14H,(H,13,15). The van der Waals surface area contributed by atoms with Gasteiger partial charge in [-0.15, -0.1) is 11.3 Å². The molecule has 2 aromatic heterocycles. The molecule has 0 saturated carbocycles. The molecule has 3 aromatic rings. The van der Waals surface area contributed by atoms with E-state index in [0.29, 0.717) is 16.8 Å². The number of rotatable bonds is 3. The van der Waals surface area contributed by atoms with Crippen LogP contribution in [0.4, 0.5) is 5.69 Å². The fraction of sp³-hybridized carbons (Fsp3) is 0. The van der Waals surface area contributed by atoms with Gasteiger partial charge in [0.05, 0.1) is 15.0 Å². The van der Waals surface area contributed by atoms with Crippen LogP contribution in [-0.4, -0.2) is 13.4 Å². The quantitative estimate of drug-likeness (QED) is 0.736. The number of thiophene rings is 1. The first-order valence-electron chi connectivity index (χ1n) is 5.35. The summed E-state index contributed by atoms with van der Waals surface area (Å²) in [5, 5.41) is 0. The van der Waals surface area contributed by atoms with Gasteiger partial charge in [-0.3, -0.25) is 9.71 Å². The molecule has 0 bridgehead atoms. The van der Waals surface area contributed by atoms with E-state index in [0.717, 1.165) is 15.1 Å². The van der Waals surface area contributed by atoms with E-state index in [1.54, 1.807) is 18.2 Å². The highest BCUT2D eigenvalue weighted by molar-refractivity contribution is 9.11. The van der Waals surface area contributed by atoms with Crippen molar-refractivity contribution in [3.63, 3.8) is 0 Å². The molecule has 0 amide bonds. The first-order valence-corrected chi connectivity index (χ1v) is 8.44. The van der Waals surface area contributed by atoms with Crippen molar-refractivity contribution in [1.82, 2.24) is 4.98 Å². The van der Waals surface area contributed by atoms with Gasteiger partial charge in [-0.05, 0) is 40.2 Å². The number of hydrogen-bond donors (Lipinski definition) is 2. The highest BCUT2D eigenvalue weighted by atomic mass is 79.9. The number of sulfonamides is 1. The van der Waals surface area contributed by atoms with Gasteiger partial charge in [0.2, 0.25) is 0 Å². The summed E-state index contributed by atoms with van der Waals surface area (Å²) >= 11 is 4.33. The Morgan fingerprint density at radius 1 is 1.25 bits per heavy atom. The van der Waals surface area contributed by atoms with E-state index in [4.69, 9.17) is 4.42 Å². The number of fused-ring (bicyclic) bond motifs is 1. The number of H-pyrrole nitrogens is 1. The molecule has 0 fully saturated rings. The molecule has 6 nitrogen and oxygen atoms in total. The second-order valence-corrected chi connectivity index (χ2v) is 8.26. The van der Waals surface area contributed by atoms with Crippen LogP contribution in [-0.2, 0) is 10.0 Å². The van der Waals surface area contributed by atoms with E-state index in [9.17, 15) is 13.2 Å². The van der Waals surface area contributed by atoms with Crippen molar-refractivity contribution in [2.45, 2.75) is 4.21 Å². The molecule has 2 heterocycles. The third-order valence-electron chi connectivity index (χ3n) is 2.49. The van der Waals surface area contributed by atoms with Crippen LogP contribution in [0.15, 0.2) is 47.5 Å². The average molecular weight is 375 g/mol. The molecular weight excluding hydrogens is 368 g/mol. The number of halogens is 1. The van der Waals surface area contributed by atoms with E-state index in [1.165, 1.54) is 12.1 Å². The second kappa shape index (κ2) is 4.76. The lowest BCUT2D eigenvalue weighted by atomic mass is 10.3. The third kappa shape index (κ3) is 2.51. The molecule has 0 aliphatic rings. The minimum atomic E-state index is -3.65. The summed E-state index contributed by atoms with van der Waals surface area (Å²) in [6, 6.07) is 7.74. The zero-order chi connectivity index (χ0) is 14.3. The molecule has 0 saturated heterocycles. The Morgan fingerprint density at radius 2 is 2.05 bits per heavy atom. The van der Waals surface area contributed by atoms with Gasteiger partial charge in [-0.25, -0.2) is 13.2 Å². The lowest BCUT2D eigenvalue weighted by molar-refractivity contribution is 0.555. The van der Waals surface area contributed by atoms with Crippen LogP contribution < -0.4 is 10.5 Å². The third-order valence-corrected chi connectivity index (χ3v) is 5.98. The summed E-state index contributed by atoms with van der Waals surface area (Å²) in [7, 11) is -3.65. The van der Waals surface area contributed by atoms with Gasteiger partial charge in [-0.2, -0.15) is 0 Å². The van der Waals surface area contributed by atoms with Crippen molar-refractivity contribution in [2.24, 2.45) is 0 Å². The van der Waals surface area contributed by atoms with Crippen molar-refractivity contribution in [3.8, 4) is 0 Å². The number of oxazole rings is 1. The maximum Gasteiger partial charge on any atom is 0.417 e. The molecule has 20 heavy (non-hydrogen) atoms. The molecule has 0 spiro atoms. The topological polar surface area (TPSA) is 92.2 Å². The van der Waals surface area contributed by atoms with E-state index >= 15 is 0 Å². The fourth-order valence-electron chi connectivity index (χ4n) is 1.66. The summed E-state index contributed by atoms with van der Waals surface area (Å²) < 4.78 is 32.5. The maximum absolute atomic E-state index is 12.1. The van der Waals surface area contributed by atoms with Crippen LogP contribution in [0.1, 0.15) is 0 Å². The summed E-state index contributed by atoms with van der Waals surface area (Å²) in [6.07, 6.45) is 0. The number of hydrogen-bond acceptors (Lipinski definition) is 5. The maximum atomic E-state index is 12.1. The minimum Gasteiger partial charge on any atom is -0.408 e. The Morgan fingerprint density at radius 3 is 2.75 bits per heavy atom. The first kappa shape index (κ1) is 13.4. The zero-order valence-corrected chi connectivity index (χ0v) is 12.9. The summed E-state index contributed by atoms with van der Waals surface area (Å²) in [6.45, 7) is 0. The second-order valence-electron chi connectivity index (χ2n) is 3.89. The van der Waals surface area contributed by atoms with E-state index < -0.39 is 15.8 Å². The van der Waals surface area contributed by atoms with E-state index in [1.807, 2.05) is 0 Å². The summed E-state index contributed by atoms with van der Waals surface area (Å²) in [5.41, 5.74) is 1.13. The molecule has 0 aliphatic heterocycles. The Bertz CT molecular complexity index is 939. The van der Waals surface area contributed by atoms with Crippen LogP contribution in [0, 0.1) is 0 Å². The fourth-order valence-corrected chi connectivity index (χ4v) is 4.72. The average Bonchev–Trinajstić information content (AvgIpc) is 2.93. The van der Waals surface area contributed by atoms with Gasteiger partial charge >= 0.3 is 5.76 Å². The number of aromatic amines is 1. The van der Waals surface area contributed by atoms with Crippen LogP contribution in [0.5, 0.6) is 0 Å². The zero-order valence-electron chi connectivity index (χ0n) is 9.71. The van der Waals surface area contributed by atoms with Crippen molar-refractivity contribution in [3.05, 3.63) is 44.7 Å².